The molecule has 0 amide bonds. The minimum absolute atomic E-state index is 0.120. The van der Waals surface area contributed by atoms with Crippen LogP contribution < -0.4 is 0 Å². The molecule has 0 aromatic rings. The summed E-state index contributed by atoms with van der Waals surface area (Å²) in [4.78, 5) is 9.91. The van der Waals surface area contributed by atoms with Crippen LogP contribution in [0.2, 0.25) is 0 Å². The molecule has 0 aromatic carbocycles. The molecular formula is C6H9F3O. The number of aldehydes is 1. The van der Waals surface area contributed by atoms with Gasteiger partial charge in [-0.15, -0.1) is 0 Å². The minimum Gasteiger partial charge on any atom is -0.303 e. The second kappa shape index (κ2) is 4.30. The van der Waals surface area contributed by atoms with Gasteiger partial charge in [-0.2, -0.15) is 0 Å². The van der Waals surface area contributed by atoms with Crippen LogP contribution in [0, 0.1) is 5.92 Å². The average Bonchev–Trinajstić information content (AvgIpc) is 1.90. The van der Waals surface area contributed by atoms with E-state index in [1.165, 1.54) is 6.92 Å². The zero-order valence-electron chi connectivity index (χ0n) is 5.56. The highest BCUT2D eigenvalue weighted by molar-refractivity contribution is 5.54. The summed E-state index contributed by atoms with van der Waals surface area (Å²) in [5, 5.41) is 0. The SMILES string of the molecule is CCC(C=O)C(F)C(F)F. The summed E-state index contributed by atoms with van der Waals surface area (Å²) >= 11 is 0. The predicted octanol–water partition coefficient (Wildman–Crippen LogP) is 1.81. The number of hydrogen-bond donors (Lipinski definition) is 0. The van der Waals surface area contributed by atoms with Crippen molar-refractivity contribution < 1.29 is 18.0 Å². The smallest absolute Gasteiger partial charge is 0.270 e. The van der Waals surface area contributed by atoms with E-state index in [1.54, 1.807) is 0 Å². The second-order valence-corrected chi connectivity index (χ2v) is 1.99. The normalized spacial score (nSPS) is 16.9. The van der Waals surface area contributed by atoms with Gasteiger partial charge in [-0.05, 0) is 6.42 Å². The van der Waals surface area contributed by atoms with Crippen LogP contribution in [-0.2, 0) is 4.79 Å². The maximum Gasteiger partial charge on any atom is 0.270 e. The third kappa shape index (κ3) is 2.37. The molecule has 0 heterocycles. The van der Waals surface area contributed by atoms with Crippen molar-refractivity contribution in [2.75, 3.05) is 0 Å². The van der Waals surface area contributed by atoms with Gasteiger partial charge in [-0.25, -0.2) is 13.2 Å². The van der Waals surface area contributed by atoms with Crippen LogP contribution in [-0.4, -0.2) is 18.9 Å². The van der Waals surface area contributed by atoms with Gasteiger partial charge in [0.15, 0.2) is 6.17 Å². The Morgan fingerprint density at radius 3 is 2.00 bits per heavy atom. The molecule has 0 N–H and O–H groups in total. The Labute approximate surface area is 57.2 Å². The largest absolute Gasteiger partial charge is 0.303 e. The Bertz CT molecular complexity index is 105. The first-order valence-corrected chi connectivity index (χ1v) is 3.01. The Kier molecular flexibility index (Phi) is 4.07. The topological polar surface area (TPSA) is 17.1 Å². The fraction of sp³-hybridized carbons (Fsp3) is 0.833. The van der Waals surface area contributed by atoms with E-state index in [-0.39, 0.29) is 12.7 Å². The molecule has 0 rings (SSSR count). The van der Waals surface area contributed by atoms with Gasteiger partial charge in [0.05, 0.1) is 5.92 Å². The molecule has 2 atom stereocenters. The molecule has 0 aliphatic heterocycles. The van der Waals surface area contributed by atoms with Gasteiger partial charge < -0.3 is 4.79 Å². The molecule has 2 unspecified atom stereocenters. The molecule has 0 radical (unpaired) electrons. The lowest BCUT2D eigenvalue weighted by Gasteiger charge is -2.11. The van der Waals surface area contributed by atoms with Gasteiger partial charge in [-0.3, -0.25) is 0 Å². The summed E-state index contributed by atoms with van der Waals surface area (Å²) in [6.07, 6.45) is -5.00. The Balaban J connectivity index is 3.87. The van der Waals surface area contributed by atoms with E-state index in [0.29, 0.717) is 0 Å². The minimum atomic E-state index is -3.05. The molecule has 0 aliphatic carbocycles. The highest BCUT2D eigenvalue weighted by Gasteiger charge is 2.27. The first kappa shape index (κ1) is 9.46. The van der Waals surface area contributed by atoms with Gasteiger partial charge in [0.25, 0.3) is 6.43 Å². The monoisotopic (exact) mass is 154 g/mol. The lowest BCUT2D eigenvalue weighted by atomic mass is 10.0. The van der Waals surface area contributed by atoms with Crippen LogP contribution in [0.15, 0.2) is 0 Å². The zero-order valence-corrected chi connectivity index (χ0v) is 5.56. The molecule has 0 aliphatic rings. The van der Waals surface area contributed by atoms with Crippen molar-refractivity contribution in [2.45, 2.75) is 25.9 Å². The molecule has 0 aromatic heterocycles. The van der Waals surface area contributed by atoms with Crippen LogP contribution in [0.3, 0.4) is 0 Å². The van der Waals surface area contributed by atoms with Crippen LogP contribution in [0.4, 0.5) is 13.2 Å². The van der Waals surface area contributed by atoms with Crippen LogP contribution in [0.25, 0.3) is 0 Å². The fourth-order valence-corrected chi connectivity index (χ4v) is 0.583. The van der Waals surface area contributed by atoms with E-state index < -0.39 is 18.5 Å². The molecule has 60 valence electrons. The van der Waals surface area contributed by atoms with Gasteiger partial charge in [-0.1, -0.05) is 6.92 Å². The fourth-order valence-electron chi connectivity index (χ4n) is 0.583. The van der Waals surface area contributed by atoms with E-state index in [9.17, 15) is 18.0 Å². The zero-order chi connectivity index (χ0) is 8.15. The molecule has 0 saturated carbocycles. The lowest BCUT2D eigenvalue weighted by Crippen LogP contribution is -2.24. The van der Waals surface area contributed by atoms with Crippen LogP contribution >= 0.6 is 0 Å². The molecule has 0 saturated heterocycles. The van der Waals surface area contributed by atoms with Gasteiger partial charge in [0.2, 0.25) is 0 Å². The highest BCUT2D eigenvalue weighted by atomic mass is 19.3. The van der Waals surface area contributed by atoms with Gasteiger partial charge >= 0.3 is 0 Å². The van der Waals surface area contributed by atoms with Crippen molar-refractivity contribution in [2.24, 2.45) is 5.92 Å². The average molecular weight is 154 g/mol. The van der Waals surface area contributed by atoms with E-state index >= 15 is 0 Å². The summed E-state index contributed by atoms with van der Waals surface area (Å²) in [6.45, 7) is 1.49. The van der Waals surface area contributed by atoms with Crippen molar-refractivity contribution in [3.8, 4) is 0 Å². The maximum absolute atomic E-state index is 12.2. The maximum atomic E-state index is 12.2. The number of carbonyl (C=O) groups excluding carboxylic acids is 1. The first-order chi connectivity index (χ1) is 4.63. The summed E-state index contributed by atoms with van der Waals surface area (Å²) in [7, 11) is 0. The van der Waals surface area contributed by atoms with Crippen molar-refractivity contribution in [1.82, 2.24) is 0 Å². The number of hydrogen-bond acceptors (Lipinski definition) is 1. The summed E-state index contributed by atoms with van der Waals surface area (Å²) in [6, 6.07) is 0. The van der Waals surface area contributed by atoms with Crippen molar-refractivity contribution >= 4 is 6.29 Å². The van der Waals surface area contributed by atoms with Crippen molar-refractivity contribution in [3.63, 3.8) is 0 Å². The molecule has 10 heavy (non-hydrogen) atoms. The number of carbonyl (C=O) groups is 1. The predicted molar refractivity (Wildman–Crippen MR) is 30.7 cm³/mol. The molecule has 0 bridgehead atoms. The number of rotatable bonds is 4. The van der Waals surface area contributed by atoms with Crippen molar-refractivity contribution in [1.29, 1.82) is 0 Å². The Morgan fingerprint density at radius 2 is 1.90 bits per heavy atom. The number of halogens is 3. The lowest BCUT2D eigenvalue weighted by molar-refractivity contribution is -0.115. The first-order valence-electron chi connectivity index (χ1n) is 3.01. The number of alkyl halides is 3. The standard InChI is InChI=1S/C6H9F3O/c1-2-4(3-10)5(7)6(8)9/h3-6H,2H2,1H3. The molecule has 1 nitrogen and oxygen atoms in total. The van der Waals surface area contributed by atoms with E-state index in [0.717, 1.165) is 0 Å². The third-order valence-electron chi connectivity index (χ3n) is 1.30. The second-order valence-electron chi connectivity index (χ2n) is 1.99. The summed E-state index contributed by atoms with van der Waals surface area (Å²) in [5.74, 6) is -1.15. The van der Waals surface area contributed by atoms with Gasteiger partial charge in [0, 0.05) is 0 Å². The third-order valence-corrected chi connectivity index (χ3v) is 1.30. The van der Waals surface area contributed by atoms with E-state index in [4.69, 9.17) is 0 Å². The summed E-state index contributed by atoms with van der Waals surface area (Å²) < 4.78 is 35.2. The van der Waals surface area contributed by atoms with Crippen LogP contribution in [0.5, 0.6) is 0 Å². The van der Waals surface area contributed by atoms with E-state index in [2.05, 4.69) is 0 Å². The Morgan fingerprint density at radius 1 is 1.40 bits per heavy atom. The summed E-state index contributed by atoms with van der Waals surface area (Å²) in [5.41, 5.74) is 0. The molecule has 0 spiro atoms. The van der Waals surface area contributed by atoms with E-state index in [1.807, 2.05) is 0 Å². The molecule has 0 fully saturated rings. The van der Waals surface area contributed by atoms with Crippen molar-refractivity contribution in [3.05, 3.63) is 0 Å². The van der Waals surface area contributed by atoms with Crippen LogP contribution in [0.1, 0.15) is 13.3 Å². The Hall–Kier alpha value is -0.540. The molecule has 4 heteroatoms. The molecular weight excluding hydrogens is 145 g/mol. The van der Waals surface area contributed by atoms with Gasteiger partial charge in [0.1, 0.15) is 6.29 Å². The highest BCUT2D eigenvalue weighted by Crippen LogP contribution is 2.16. The quantitative estimate of drug-likeness (QED) is 0.564.